The molecule has 1 amide bonds. The van der Waals surface area contributed by atoms with E-state index in [4.69, 9.17) is 23.2 Å². The van der Waals surface area contributed by atoms with E-state index >= 15 is 0 Å². The summed E-state index contributed by atoms with van der Waals surface area (Å²) in [6, 6.07) is 14.8. The molecule has 0 aromatic heterocycles. The number of carbonyl (C=O) groups is 1. The Bertz CT molecular complexity index is 701. The average molecular weight is 351 g/mol. The minimum atomic E-state index is -0.117. The van der Waals surface area contributed by atoms with Crippen LogP contribution < -0.4 is 0 Å². The molecule has 1 atom stereocenters. The highest BCUT2D eigenvalue weighted by molar-refractivity contribution is 8.00. The Labute approximate surface area is 142 Å². The number of hydrogen-bond acceptors (Lipinski definition) is 3. The Kier molecular flexibility index (Phi) is 4.71. The van der Waals surface area contributed by atoms with E-state index in [1.807, 2.05) is 36.4 Å². The smallest absolute Gasteiger partial charge is 0.254 e. The third kappa shape index (κ3) is 3.46. The van der Waals surface area contributed by atoms with Crippen molar-refractivity contribution in [3.05, 3.63) is 69.7 Å². The van der Waals surface area contributed by atoms with E-state index in [9.17, 15) is 4.79 Å². The number of rotatable bonds is 3. The molecule has 1 aliphatic rings. The first kappa shape index (κ1) is 15.4. The van der Waals surface area contributed by atoms with Crippen LogP contribution in [0.1, 0.15) is 16.5 Å². The number of amides is 1. The van der Waals surface area contributed by atoms with Crippen LogP contribution in [0.5, 0.6) is 0 Å². The molecule has 0 bridgehead atoms. The number of hydrazone groups is 1. The minimum absolute atomic E-state index is 0.00448. The molecule has 22 heavy (non-hydrogen) atoms. The maximum atomic E-state index is 12.0. The number of halogens is 2. The Morgan fingerprint density at radius 3 is 2.27 bits per heavy atom. The quantitative estimate of drug-likeness (QED) is 0.757. The number of thioether (sulfide) groups is 1. The van der Waals surface area contributed by atoms with E-state index in [2.05, 4.69) is 5.10 Å². The number of benzene rings is 2. The summed E-state index contributed by atoms with van der Waals surface area (Å²) >= 11 is 13.3. The molecule has 1 aliphatic heterocycles. The normalized spacial score (nSPS) is 18.4. The Balaban J connectivity index is 1.81. The molecule has 0 N–H and O–H groups in total. The van der Waals surface area contributed by atoms with Crippen LogP contribution in [0, 0.1) is 0 Å². The van der Waals surface area contributed by atoms with Gasteiger partial charge in [0.1, 0.15) is 5.37 Å². The van der Waals surface area contributed by atoms with Gasteiger partial charge in [-0.1, -0.05) is 47.5 Å². The third-order valence-corrected chi connectivity index (χ3v) is 4.90. The van der Waals surface area contributed by atoms with Gasteiger partial charge in [-0.05, 0) is 35.4 Å². The standard InChI is InChI=1S/C16H12Cl2N2OS/c17-13-5-1-11(2-6-13)9-19-20-15(21)10-22-16(20)12-3-7-14(18)8-4-12/h1-9,16H,10H2/b19-9+. The second-order valence-electron chi connectivity index (χ2n) is 4.75. The van der Waals surface area contributed by atoms with Crippen molar-refractivity contribution in [2.45, 2.75) is 5.37 Å². The Morgan fingerprint density at radius 1 is 1.05 bits per heavy atom. The topological polar surface area (TPSA) is 32.7 Å². The number of hydrogen-bond donors (Lipinski definition) is 0. The monoisotopic (exact) mass is 350 g/mol. The Morgan fingerprint density at radius 2 is 1.64 bits per heavy atom. The van der Waals surface area contributed by atoms with Crippen molar-refractivity contribution in [1.29, 1.82) is 0 Å². The predicted molar refractivity (Wildman–Crippen MR) is 92.5 cm³/mol. The minimum Gasteiger partial charge on any atom is -0.272 e. The fourth-order valence-corrected chi connectivity index (χ4v) is 3.43. The van der Waals surface area contributed by atoms with Gasteiger partial charge in [-0.3, -0.25) is 4.79 Å². The van der Waals surface area contributed by atoms with E-state index in [0.29, 0.717) is 15.8 Å². The van der Waals surface area contributed by atoms with E-state index in [-0.39, 0.29) is 11.3 Å². The fourth-order valence-electron chi connectivity index (χ4n) is 2.09. The van der Waals surface area contributed by atoms with Crippen molar-refractivity contribution in [2.24, 2.45) is 5.10 Å². The second kappa shape index (κ2) is 6.73. The van der Waals surface area contributed by atoms with Gasteiger partial charge < -0.3 is 0 Å². The summed E-state index contributed by atoms with van der Waals surface area (Å²) in [4.78, 5) is 12.0. The molecule has 1 unspecified atom stereocenters. The first-order valence-electron chi connectivity index (χ1n) is 6.62. The summed E-state index contributed by atoms with van der Waals surface area (Å²) < 4.78 is 0. The number of nitrogens with zero attached hydrogens (tertiary/aromatic N) is 2. The third-order valence-electron chi connectivity index (χ3n) is 3.20. The average Bonchev–Trinajstić information content (AvgIpc) is 2.89. The summed E-state index contributed by atoms with van der Waals surface area (Å²) in [6.07, 6.45) is 1.67. The molecule has 2 aromatic carbocycles. The molecule has 2 aromatic rings. The molecule has 1 heterocycles. The van der Waals surface area contributed by atoms with Crippen LogP contribution in [0.3, 0.4) is 0 Å². The molecule has 6 heteroatoms. The molecule has 3 nitrogen and oxygen atoms in total. The summed E-state index contributed by atoms with van der Waals surface area (Å²) in [5, 5.41) is 7.09. The molecule has 3 rings (SSSR count). The molecule has 0 radical (unpaired) electrons. The van der Waals surface area contributed by atoms with Gasteiger partial charge in [0.2, 0.25) is 0 Å². The molecule has 1 saturated heterocycles. The fraction of sp³-hybridized carbons (Fsp3) is 0.125. The van der Waals surface area contributed by atoms with Gasteiger partial charge in [0.15, 0.2) is 0 Å². The molecule has 0 spiro atoms. The summed E-state index contributed by atoms with van der Waals surface area (Å²) in [5.41, 5.74) is 1.90. The highest BCUT2D eigenvalue weighted by atomic mass is 35.5. The van der Waals surface area contributed by atoms with E-state index in [1.54, 1.807) is 30.1 Å². The van der Waals surface area contributed by atoms with Gasteiger partial charge in [0.25, 0.3) is 5.91 Å². The lowest BCUT2D eigenvalue weighted by molar-refractivity contribution is -0.128. The van der Waals surface area contributed by atoms with Gasteiger partial charge in [-0.15, -0.1) is 11.8 Å². The predicted octanol–water partition coefficient (Wildman–Crippen LogP) is 4.60. The van der Waals surface area contributed by atoms with Crippen LogP contribution in [-0.2, 0) is 4.79 Å². The lowest BCUT2D eigenvalue weighted by Crippen LogP contribution is -2.22. The highest BCUT2D eigenvalue weighted by Gasteiger charge is 2.32. The highest BCUT2D eigenvalue weighted by Crippen LogP contribution is 2.39. The lowest BCUT2D eigenvalue weighted by atomic mass is 10.2. The zero-order valence-electron chi connectivity index (χ0n) is 11.4. The summed E-state index contributed by atoms with van der Waals surface area (Å²) in [6.45, 7) is 0. The molecular weight excluding hydrogens is 339 g/mol. The largest absolute Gasteiger partial charge is 0.272 e. The summed E-state index contributed by atoms with van der Waals surface area (Å²) in [7, 11) is 0. The van der Waals surface area contributed by atoms with Crippen molar-refractivity contribution in [3.63, 3.8) is 0 Å². The van der Waals surface area contributed by atoms with Gasteiger partial charge in [-0.25, -0.2) is 5.01 Å². The molecular formula is C16H12Cl2N2OS. The van der Waals surface area contributed by atoms with Gasteiger partial charge >= 0.3 is 0 Å². The lowest BCUT2D eigenvalue weighted by Gasteiger charge is -2.18. The van der Waals surface area contributed by atoms with Crippen molar-refractivity contribution in [2.75, 3.05) is 5.75 Å². The molecule has 1 fully saturated rings. The van der Waals surface area contributed by atoms with Crippen LogP contribution in [0.2, 0.25) is 10.0 Å². The zero-order chi connectivity index (χ0) is 15.5. The van der Waals surface area contributed by atoms with Gasteiger partial charge in [-0.2, -0.15) is 5.10 Å². The first-order chi connectivity index (χ1) is 10.6. The second-order valence-corrected chi connectivity index (χ2v) is 6.69. The van der Waals surface area contributed by atoms with Crippen molar-refractivity contribution in [3.8, 4) is 0 Å². The van der Waals surface area contributed by atoms with Gasteiger partial charge in [0, 0.05) is 10.0 Å². The SMILES string of the molecule is O=C1CSC(c2ccc(Cl)cc2)N1/N=C/c1ccc(Cl)cc1. The van der Waals surface area contributed by atoms with E-state index in [1.165, 1.54) is 5.01 Å². The van der Waals surface area contributed by atoms with Crippen molar-refractivity contribution >= 4 is 47.1 Å². The van der Waals surface area contributed by atoms with E-state index in [0.717, 1.165) is 11.1 Å². The van der Waals surface area contributed by atoms with Gasteiger partial charge in [0.05, 0.1) is 12.0 Å². The van der Waals surface area contributed by atoms with Crippen LogP contribution in [0.25, 0.3) is 0 Å². The molecule has 112 valence electrons. The maximum Gasteiger partial charge on any atom is 0.254 e. The number of carbonyl (C=O) groups excluding carboxylic acids is 1. The van der Waals surface area contributed by atoms with Crippen LogP contribution in [0.15, 0.2) is 53.6 Å². The molecule has 0 aliphatic carbocycles. The molecule has 0 saturated carbocycles. The van der Waals surface area contributed by atoms with Crippen molar-refractivity contribution < 1.29 is 4.79 Å². The zero-order valence-corrected chi connectivity index (χ0v) is 13.8. The maximum absolute atomic E-state index is 12.0. The summed E-state index contributed by atoms with van der Waals surface area (Å²) in [5.74, 6) is 0.417. The Hall–Kier alpha value is -1.49. The first-order valence-corrected chi connectivity index (χ1v) is 8.42. The van der Waals surface area contributed by atoms with Crippen LogP contribution >= 0.6 is 35.0 Å². The van der Waals surface area contributed by atoms with E-state index < -0.39 is 0 Å². The van der Waals surface area contributed by atoms with Crippen LogP contribution in [0.4, 0.5) is 0 Å². The van der Waals surface area contributed by atoms with Crippen LogP contribution in [-0.4, -0.2) is 22.9 Å². The van der Waals surface area contributed by atoms with Crippen molar-refractivity contribution in [1.82, 2.24) is 5.01 Å².